The molecule has 1 aromatic heterocycles. The summed E-state index contributed by atoms with van der Waals surface area (Å²) in [7, 11) is 0. The number of nitro benzene ring substituents is 1. The van der Waals surface area contributed by atoms with Crippen molar-refractivity contribution in [1.29, 1.82) is 0 Å². The predicted molar refractivity (Wildman–Crippen MR) is 96.5 cm³/mol. The monoisotopic (exact) mass is 424 g/mol. The van der Waals surface area contributed by atoms with Crippen LogP contribution in [0.15, 0.2) is 36.5 Å². The molecule has 0 radical (unpaired) electrons. The van der Waals surface area contributed by atoms with E-state index in [2.05, 4.69) is 20.4 Å². The van der Waals surface area contributed by atoms with E-state index >= 15 is 0 Å². The molecule has 3 amide bonds. The lowest BCUT2D eigenvalue weighted by Crippen LogP contribution is -2.45. The first kappa shape index (κ1) is 21.0. The quantitative estimate of drug-likeness (QED) is 0.432. The number of nitrogens with zero attached hydrogens (tertiary/aromatic N) is 2. The van der Waals surface area contributed by atoms with Gasteiger partial charge in [-0.05, 0) is 29.8 Å². The molecule has 1 aliphatic rings. The fourth-order valence-electron chi connectivity index (χ4n) is 3.11. The summed E-state index contributed by atoms with van der Waals surface area (Å²) >= 11 is 0. The normalized spacial score (nSPS) is 16.8. The number of halogens is 3. The minimum atomic E-state index is -5.08. The van der Waals surface area contributed by atoms with Gasteiger partial charge in [0.2, 0.25) is 5.75 Å². The van der Waals surface area contributed by atoms with Gasteiger partial charge in [-0.1, -0.05) is 13.8 Å². The smallest absolute Gasteiger partial charge is 0.398 e. The van der Waals surface area contributed by atoms with E-state index in [1.165, 1.54) is 12.3 Å². The predicted octanol–water partition coefficient (Wildman–Crippen LogP) is 3.04. The van der Waals surface area contributed by atoms with E-state index in [4.69, 9.17) is 0 Å². The van der Waals surface area contributed by atoms with Crippen LogP contribution >= 0.6 is 0 Å². The Morgan fingerprint density at radius 3 is 2.43 bits per heavy atom. The molecule has 12 heteroatoms. The fourth-order valence-corrected chi connectivity index (χ4v) is 3.11. The molecule has 30 heavy (non-hydrogen) atoms. The van der Waals surface area contributed by atoms with Gasteiger partial charge < -0.3 is 10.1 Å². The van der Waals surface area contributed by atoms with Crippen molar-refractivity contribution < 1.29 is 32.4 Å². The summed E-state index contributed by atoms with van der Waals surface area (Å²) in [5, 5.41) is 15.9. The van der Waals surface area contributed by atoms with E-state index in [0.29, 0.717) is 5.56 Å². The third-order valence-electron chi connectivity index (χ3n) is 4.68. The number of alkyl halides is 3. The Balaban J connectivity index is 2.00. The standard InChI is InChI=1S/C18H15F3N4O5/c1-17(2,14-15(26)24-16(27)23-14)10-5-6-22-11(8-10)9-3-4-13(30-18(19,20)21)12(7-9)25(28)29/h3-8,14H,1-2H3,(H2,23,24,26,27). The molecule has 3 rings (SSSR count). The first-order valence-corrected chi connectivity index (χ1v) is 8.51. The molecule has 1 atom stereocenters. The Hall–Kier alpha value is -3.70. The van der Waals surface area contributed by atoms with Crippen molar-refractivity contribution >= 4 is 17.6 Å². The summed E-state index contributed by atoms with van der Waals surface area (Å²) < 4.78 is 41.1. The Morgan fingerprint density at radius 1 is 1.17 bits per heavy atom. The Bertz CT molecular complexity index is 1040. The SMILES string of the molecule is CC(C)(c1ccnc(-c2ccc(OC(F)(F)F)c([N+](=O)[O-])c2)c1)C1NC(=O)NC1=O. The number of urea groups is 1. The van der Waals surface area contributed by atoms with E-state index in [-0.39, 0.29) is 11.3 Å². The number of nitro groups is 1. The van der Waals surface area contributed by atoms with Gasteiger partial charge in [0.05, 0.1) is 10.6 Å². The lowest BCUT2D eigenvalue weighted by molar-refractivity contribution is -0.388. The van der Waals surface area contributed by atoms with Crippen molar-refractivity contribution in [3.05, 3.63) is 52.2 Å². The fraction of sp³-hybridized carbons (Fsp3) is 0.278. The number of nitrogens with one attached hydrogen (secondary N) is 2. The molecule has 0 bridgehead atoms. The maximum atomic E-state index is 12.5. The van der Waals surface area contributed by atoms with Crippen molar-refractivity contribution in [2.75, 3.05) is 0 Å². The number of rotatable bonds is 5. The zero-order valence-electron chi connectivity index (χ0n) is 15.6. The number of imide groups is 1. The van der Waals surface area contributed by atoms with Gasteiger partial charge in [-0.25, -0.2) is 4.79 Å². The molecular formula is C18H15F3N4O5. The number of amides is 3. The number of pyridine rings is 1. The molecule has 1 aromatic carbocycles. The lowest BCUT2D eigenvalue weighted by Gasteiger charge is -2.30. The summed E-state index contributed by atoms with van der Waals surface area (Å²) in [6.07, 6.45) is -3.69. The summed E-state index contributed by atoms with van der Waals surface area (Å²) in [6, 6.07) is 4.63. The third kappa shape index (κ3) is 4.16. The molecule has 1 unspecified atom stereocenters. The molecule has 1 aliphatic heterocycles. The average molecular weight is 424 g/mol. The van der Waals surface area contributed by atoms with Crippen LogP contribution in [0, 0.1) is 10.1 Å². The molecule has 9 nitrogen and oxygen atoms in total. The minimum Gasteiger partial charge on any atom is -0.398 e. The van der Waals surface area contributed by atoms with Gasteiger partial charge in [-0.3, -0.25) is 25.2 Å². The van der Waals surface area contributed by atoms with Crippen LogP contribution in [-0.4, -0.2) is 34.2 Å². The number of aromatic nitrogens is 1. The number of hydrogen-bond acceptors (Lipinski definition) is 6. The number of carbonyl (C=O) groups excluding carboxylic acids is 2. The van der Waals surface area contributed by atoms with E-state index in [1.54, 1.807) is 26.0 Å². The van der Waals surface area contributed by atoms with Crippen molar-refractivity contribution in [3.63, 3.8) is 0 Å². The van der Waals surface area contributed by atoms with Gasteiger partial charge in [-0.2, -0.15) is 0 Å². The Kier molecular flexibility index (Phi) is 5.10. The molecule has 1 fully saturated rings. The van der Waals surface area contributed by atoms with Crippen LogP contribution in [-0.2, 0) is 10.2 Å². The number of hydrogen-bond donors (Lipinski definition) is 2. The van der Waals surface area contributed by atoms with Crippen LogP contribution in [0.25, 0.3) is 11.3 Å². The summed E-state index contributed by atoms with van der Waals surface area (Å²) in [5.41, 5.74) is -0.772. The number of ether oxygens (including phenoxy) is 1. The van der Waals surface area contributed by atoms with Crippen LogP contribution < -0.4 is 15.4 Å². The molecule has 1 saturated heterocycles. The molecular weight excluding hydrogens is 409 g/mol. The minimum absolute atomic E-state index is 0.175. The van der Waals surface area contributed by atoms with E-state index < -0.39 is 46.1 Å². The molecule has 0 saturated carbocycles. The number of benzene rings is 1. The van der Waals surface area contributed by atoms with E-state index in [0.717, 1.165) is 12.1 Å². The van der Waals surface area contributed by atoms with Crippen LogP contribution in [0.5, 0.6) is 5.75 Å². The highest BCUT2D eigenvalue weighted by molar-refractivity contribution is 6.05. The van der Waals surface area contributed by atoms with Gasteiger partial charge in [0.1, 0.15) is 6.04 Å². The highest BCUT2D eigenvalue weighted by Crippen LogP contribution is 2.36. The van der Waals surface area contributed by atoms with Gasteiger partial charge in [0.15, 0.2) is 0 Å². The highest BCUT2D eigenvalue weighted by Gasteiger charge is 2.42. The van der Waals surface area contributed by atoms with Crippen molar-refractivity contribution in [2.45, 2.75) is 31.7 Å². The van der Waals surface area contributed by atoms with Gasteiger partial charge in [-0.15, -0.1) is 13.2 Å². The largest absolute Gasteiger partial charge is 0.573 e. The van der Waals surface area contributed by atoms with Crippen molar-refractivity contribution in [2.24, 2.45) is 0 Å². The maximum Gasteiger partial charge on any atom is 0.573 e. The molecule has 0 spiro atoms. The molecule has 0 aliphatic carbocycles. The van der Waals surface area contributed by atoms with Gasteiger partial charge in [0.25, 0.3) is 5.91 Å². The second kappa shape index (κ2) is 7.28. The molecule has 2 heterocycles. The number of carbonyl (C=O) groups is 2. The first-order chi connectivity index (χ1) is 13.9. The van der Waals surface area contributed by atoms with Gasteiger partial charge in [0, 0.05) is 23.2 Å². The molecule has 2 N–H and O–H groups in total. The average Bonchev–Trinajstić information content (AvgIpc) is 2.99. The highest BCUT2D eigenvalue weighted by atomic mass is 19.4. The topological polar surface area (TPSA) is 123 Å². The first-order valence-electron chi connectivity index (χ1n) is 8.51. The van der Waals surface area contributed by atoms with Crippen molar-refractivity contribution in [1.82, 2.24) is 15.6 Å². The lowest BCUT2D eigenvalue weighted by atomic mass is 9.77. The van der Waals surface area contributed by atoms with E-state index in [1.807, 2.05) is 0 Å². The van der Waals surface area contributed by atoms with Crippen LogP contribution in [0.4, 0.5) is 23.7 Å². The van der Waals surface area contributed by atoms with E-state index in [9.17, 15) is 32.9 Å². The van der Waals surface area contributed by atoms with Crippen LogP contribution in [0.2, 0.25) is 0 Å². The van der Waals surface area contributed by atoms with Crippen LogP contribution in [0.3, 0.4) is 0 Å². The second-order valence-corrected chi connectivity index (χ2v) is 7.03. The summed E-state index contributed by atoms with van der Waals surface area (Å²) in [6.45, 7) is 3.43. The Labute approximate surface area is 167 Å². The van der Waals surface area contributed by atoms with Crippen molar-refractivity contribution in [3.8, 4) is 17.0 Å². The zero-order chi connectivity index (χ0) is 22.3. The third-order valence-corrected chi connectivity index (χ3v) is 4.68. The second-order valence-electron chi connectivity index (χ2n) is 7.03. The Morgan fingerprint density at radius 2 is 1.87 bits per heavy atom. The summed E-state index contributed by atoms with van der Waals surface area (Å²) in [4.78, 5) is 37.8. The molecule has 2 aromatic rings. The van der Waals surface area contributed by atoms with Crippen LogP contribution in [0.1, 0.15) is 19.4 Å². The maximum absolute atomic E-state index is 12.5. The zero-order valence-corrected chi connectivity index (χ0v) is 15.6. The van der Waals surface area contributed by atoms with Gasteiger partial charge >= 0.3 is 18.1 Å². The molecule has 158 valence electrons. The summed E-state index contributed by atoms with van der Waals surface area (Å²) in [5.74, 6) is -1.45.